The zero-order valence-electron chi connectivity index (χ0n) is 16.6. The van der Waals surface area contributed by atoms with E-state index < -0.39 is 31.1 Å². The van der Waals surface area contributed by atoms with Gasteiger partial charge in [0, 0.05) is 11.4 Å². The number of aliphatic hydroxyl groups is 2. The Morgan fingerprint density at radius 1 is 0.906 bits per heavy atom. The van der Waals surface area contributed by atoms with Gasteiger partial charge in [0.05, 0.1) is 36.2 Å². The number of H-pyrrole nitrogens is 1. The minimum atomic E-state index is -0.866. The number of halogens is 1. The van der Waals surface area contributed by atoms with Crippen LogP contribution in [0.5, 0.6) is 0 Å². The zero-order chi connectivity index (χ0) is 23.1. The monoisotopic (exact) mass is 457 g/mol. The molecule has 0 aliphatic heterocycles. The van der Waals surface area contributed by atoms with Gasteiger partial charge in [-0.15, -0.1) is 0 Å². The lowest BCUT2D eigenvalue weighted by molar-refractivity contribution is 0.0868. The number of imidazole rings is 1. The summed E-state index contributed by atoms with van der Waals surface area (Å²) in [6.45, 7) is -0.922. The van der Waals surface area contributed by atoms with Gasteiger partial charge in [0.2, 0.25) is 0 Å². The highest BCUT2D eigenvalue weighted by atomic mass is 35.5. The summed E-state index contributed by atoms with van der Waals surface area (Å²) in [5, 5.41) is 26.2. The summed E-state index contributed by atoms with van der Waals surface area (Å²) in [6.07, 6.45) is 1.18. The van der Waals surface area contributed by atoms with Crippen LogP contribution in [0.4, 0.5) is 11.4 Å². The zero-order valence-corrected chi connectivity index (χ0v) is 17.4. The van der Waals surface area contributed by atoms with E-state index in [1.165, 1.54) is 6.33 Å². The minimum Gasteiger partial charge on any atom is -0.394 e. The van der Waals surface area contributed by atoms with Crippen LogP contribution in [0.25, 0.3) is 0 Å². The Hall–Kier alpha value is -3.73. The highest BCUT2D eigenvalue weighted by Crippen LogP contribution is 2.19. The van der Waals surface area contributed by atoms with Crippen molar-refractivity contribution in [2.24, 2.45) is 0 Å². The van der Waals surface area contributed by atoms with Gasteiger partial charge in [-0.1, -0.05) is 23.7 Å². The van der Waals surface area contributed by atoms with Gasteiger partial charge in [0.15, 0.2) is 5.69 Å². The quantitative estimate of drug-likeness (QED) is 0.302. The van der Waals surface area contributed by atoms with Crippen LogP contribution in [0.2, 0.25) is 5.02 Å². The Balaban J connectivity index is 1.64. The second kappa shape index (κ2) is 10.5. The van der Waals surface area contributed by atoms with Crippen LogP contribution in [0.15, 0.2) is 54.9 Å². The fourth-order valence-electron chi connectivity index (χ4n) is 2.72. The summed E-state index contributed by atoms with van der Waals surface area (Å²) in [4.78, 5) is 43.6. The third-order valence-electron chi connectivity index (χ3n) is 4.38. The van der Waals surface area contributed by atoms with Crippen LogP contribution in [0, 0.1) is 0 Å². The van der Waals surface area contributed by atoms with Crippen molar-refractivity contribution in [3.05, 3.63) is 76.8 Å². The Kier molecular flexibility index (Phi) is 7.55. The molecule has 0 bridgehead atoms. The third kappa shape index (κ3) is 5.49. The predicted molar refractivity (Wildman–Crippen MR) is 118 cm³/mol. The number of benzene rings is 2. The molecule has 1 aromatic heterocycles. The van der Waals surface area contributed by atoms with Gasteiger partial charge in [-0.2, -0.15) is 0 Å². The molecule has 11 heteroatoms. The van der Waals surface area contributed by atoms with Crippen LogP contribution in [0.3, 0.4) is 0 Å². The molecule has 0 saturated carbocycles. The molecule has 0 fully saturated rings. The van der Waals surface area contributed by atoms with Gasteiger partial charge in [0.1, 0.15) is 5.69 Å². The number of nitrogens with zero attached hydrogens (tertiary/aromatic N) is 1. The van der Waals surface area contributed by atoms with Crippen LogP contribution in [0.1, 0.15) is 31.3 Å². The lowest BCUT2D eigenvalue weighted by Crippen LogP contribution is -2.40. The van der Waals surface area contributed by atoms with Crippen molar-refractivity contribution in [1.82, 2.24) is 15.3 Å². The van der Waals surface area contributed by atoms with Crippen LogP contribution in [-0.2, 0) is 0 Å². The number of carbonyl (C=O) groups excluding carboxylic acids is 3. The topological polar surface area (TPSA) is 156 Å². The first-order valence-electron chi connectivity index (χ1n) is 9.46. The van der Waals surface area contributed by atoms with Gasteiger partial charge >= 0.3 is 0 Å². The predicted octanol–water partition coefficient (Wildman–Crippen LogP) is 1.65. The average molecular weight is 458 g/mol. The van der Waals surface area contributed by atoms with E-state index >= 15 is 0 Å². The summed E-state index contributed by atoms with van der Waals surface area (Å²) < 4.78 is 0. The number of aromatic nitrogens is 2. The molecule has 3 aromatic rings. The summed E-state index contributed by atoms with van der Waals surface area (Å²) in [5.41, 5.74) is 0.960. The molecule has 0 aliphatic rings. The first-order chi connectivity index (χ1) is 15.4. The molecule has 6 N–H and O–H groups in total. The van der Waals surface area contributed by atoms with Crippen LogP contribution in [-0.4, -0.2) is 57.2 Å². The van der Waals surface area contributed by atoms with Crippen molar-refractivity contribution in [3.8, 4) is 0 Å². The molecule has 0 aliphatic carbocycles. The fourth-order valence-corrected chi connectivity index (χ4v) is 2.94. The molecular weight excluding hydrogens is 438 g/mol. The maximum atomic E-state index is 12.6. The molecule has 0 radical (unpaired) electrons. The van der Waals surface area contributed by atoms with Gasteiger partial charge in [-0.05, 0) is 36.4 Å². The van der Waals surface area contributed by atoms with Gasteiger partial charge in [-0.25, -0.2) is 4.98 Å². The molecule has 2 aromatic carbocycles. The molecule has 0 atom stereocenters. The van der Waals surface area contributed by atoms with Crippen molar-refractivity contribution in [2.75, 3.05) is 23.8 Å². The number of carbonyl (C=O) groups is 3. The highest BCUT2D eigenvalue weighted by molar-refractivity contribution is 6.34. The van der Waals surface area contributed by atoms with E-state index in [0.29, 0.717) is 22.0 Å². The molecule has 3 rings (SSSR count). The largest absolute Gasteiger partial charge is 0.394 e. The number of anilines is 2. The Bertz CT molecular complexity index is 1110. The molecule has 0 unspecified atom stereocenters. The fraction of sp³-hybridized carbons (Fsp3) is 0.143. The van der Waals surface area contributed by atoms with Crippen LogP contribution >= 0.6 is 11.6 Å². The molecule has 0 saturated heterocycles. The van der Waals surface area contributed by atoms with E-state index in [1.54, 1.807) is 48.5 Å². The van der Waals surface area contributed by atoms with Crippen molar-refractivity contribution in [2.45, 2.75) is 6.04 Å². The number of nitrogens with one attached hydrogen (secondary N) is 4. The van der Waals surface area contributed by atoms with E-state index in [4.69, 9.17) is 21.8 Å². The van der Waals surface area contributed by atoms with E-state index in [2.05, 4.69) is 25.9 Å². The lowest BCUT2D eigenvalue weighted by Gasteiger charge is -2.13. The lowest BCUT2D eigenvalue weighted by atomic mass is 10.2. The number of amides is 3. The summed E-state index contributed by atoms with van der Waals surface area (Å²) in [5.74, 6) is -1.71. The molecule has 32 heavy (non-hydrogen) atoms. The first kappa shape index (κ1) is 22.9. The smallest absolute Gasteiger partial charge is 0.276 e. The second-order valence-corrected chi connectivity index (χ2v) is 7.03. The minimum absolute atomic E-state index is 0.113. The molecule has 10 nitrogen and oxygen atoms in total. The van der Waals surface area contributed by atoms with Gasteiger partial charge in [-0.3, -0.25) is 14.4 Å². The molecule has 0 spiro atoms. The maximum absolute atomic E-state index is 12.6. The summed E-state index contributed by atoms with van der Waals surface area (Å²) in [6, 6.07) is 12.1. The van der Waals surface area contributed by atoms with Crippen molar-refractivity contribution >= 4 is 40.7 Å². The second-order valence-electron chi connectivity index (χ2n) is 6.63. The van der Waals surface area contributed by atoms with E-state index in [-0.39, 0.29) is 17.3 Å². The number of hydrogen-bond acceptors (Lipinski definition) is 6. The molecule has 166 valence electrons. The average Bonchev–Trinajstić information content (AvgIpc) is 3.29. The molecular formula is C21H20ClN5O5. The van der Waals surface area contributed by atoms with Crippen LogP contribution < -0.4 is 16.0 Å². The molecule has 1 heterocycles. The highest BCUT2D eigenvalue weighted by Gasteiger charge is 2.22. The number of hydrogen-bond donors (Lipinski definition) is 6. The van der Waals surface area contributed by atoms with Gasteiger partial charge in [0.25, 0.3) is 17.7 Å². The van der Waals surface area contributed by atoms with E-state index in [0.717, 1.165) is 0 Å². The summed E-state index contributed by atoms with van der Waals surface area (Å²) in [7, 11) is 0. The first-order valence-corrected chi connectivity index (χ1v) is 9.84. The van der Waals surface area contributed by atoms with Crippen molar-refractivity contribution < 1.29 is 24.6 Å². The van der Waals surface area contributed by atoms with E-state index in [9.17, 15) is 14.4 Å². The molecule has 3 amide bonds. The number of rotatable bonds is 8. The number of aromatic amines is 1. The summed E-state index contributed by atoms with van der Waals surface area (Å²) >= 11 is 6.03. The Labute approximate surface area is 187 Å². The van der Waals surface area contributed by atoms with Crippen molar-refractivity contribution in [1.29, 1.82) is 0 Å². The van der Waals surface area contributed by atoms with E-state index in [1.807, 2.05) is 0 Å². The normalized spacial score (nSPS) is 10.6. The standard InChI is InChI=1S/C21H20ClN5O5/c22-16-4-2-1-3-15(16)19(30)25-12-5-7-13(8-6-12)26-20(31)17-18(24-11-23-17)21(32)27-14(9-28)10-29/h1-8,11,14,28-29H,9-10H2,(H,23,24)(H,25,30)(H,26,31)(H,27,32). The number of aliphatic hydroxyl groups excluding tert-OH is 2. The SMILES string of the molecule is O=C(Nc1ccc(NC(=O)c2nc[nH]c2C(=O)NC(CO)CO)cc1)c1ccccc1Cl. The van der Waals surface area contributed by atoms with Gasteiger partial charge < -0.3 is 31.1 Å². The Morgan fingerprint density at radius 2 is 1.50 bits per heavy atom. The third-order valence-corrected chi connectivity index (χ3v) is 4.71. The van der Waals surface area contributed by atoms with Crippen molar-refractivity contribution in [3.63, 3.8) is 0 Å². The maximum Gasteiger partial charge on any atom is 0.276 e. The Morgan fingerprint density at radius 3 is 2.09 bits per heavy atom.